The average Bonchev–Trinajstić information content (AvgIpc) is 3.09. The SMILES string of the molecule is COc1ccc(S(=O)(=O)N2CCCCCC2)cc1C(=O)NCc1ccnc(-n2ccnc2C)c1. The molecule has 9 nitrogen and oxygen atoms in total. The zero-order valence-electron chi connectivity index (χ0n) is 19.4. The zero-order valence-corrected chi connectivity index (χ0v) is 20.2. The van der Waals surface area contributed by atoms with Gasteiger partial charge in [-0.1, -0.05) is 12.8 Å². The van der Waals surface area contributed by atoms with Crippen LogP contribution in [0.25, 0.3) is 5.82 Å². The first kappa shape index (κ1) is 23.9. The minimum absolute atomic E-state index is 0.0992. The van der Waals surface area contributed by atoms with E-state index in [1.54, 1.807) is 12.4 Å². The monoisotopic (exact) mass is 483 g/mol. The van der Waals surface area contributed by atoms with Gasteiger partial charge in [0.2, 0.25) is 10.0 Å². The van der Waals surface area contributed by atoms with E-state index < -0.39 is 15.9 Å². The Morgan fingerprint density at radius 2 is 1.82 bits per heavy atom. The number of nitrogens with zero attached hydrogens (tertiary/aromatic N) is 4. The molecule has 0 bridgehead atoms. The fourth-order valence-electron chi connectivity index (χ4n) is 4.06. The number of benzene rings is 1. The van der Waals surface area contributed by atoms with Crippen molar-refractivity contribution >= 4 is 15.9 Å². The van der Waals surface area contributed by atoms with Gasteiger partial charge >= 0.3 is 0 Å². The Morgan fingerprint density at radius 1 is 1.06 bits per heavy atom. The van der Waals surface area contributed by atoms with Crippen LogP contribution in [0, 0.1) is 6.92 Å². The molecule has 1 aromatic carbocycles. The second-order valence-corrected chi connectivity index (χ2v) is 10.2. The van der Waals surface area contributed by atoms with Gasteiger partial charge in [0.1, 0.15) is 17.4 Å². The van der Waals surface area contributed by atoms with Crippen molar-refractivity contribution in [1.29, 1.82) is 0 Å². The summed E-state index contributed by atoms with van der Waals surface area (Å²) in [4.78, 5) is 21.7. The highest BCUT2D eigenvalue weighted by Gasteiger charge is 2.27. The molecule has 0 unspecified atom stereocenters. The Bertz CT molecular complexity index is 1260. The van der Waals surface area contributed by atoms with Gasteiger partial charge in [-0.3, -0.25) is 9.36 Å². The first-order chi connectivity index (χ1) is 16.4. The Hall–Kier alpha value is -3.24. The Kier molecular flexibility index (Phi) is 7.28. The number of pyridine rings is 1. The second kappa shape index (κ2) is 10.4. The summed E-state index contributed by atoms with van der Waals surface area (Å²) in [5.41, 5.74) is 1.02. The fourth-order valence-corrected chi connectivity index (χ4v) is 5.60. The van der Waals surface area contributed by atoms with E-state index in [4.69, 9.17) is 4.74 Å². The minimum atomic E-state index is -3.69. The maximum absolute atomic E-state index is 13.2. The largest absolute Gasteiger partial charge is 0.496 e. The Labute approximate surface area is 199 Å². The van der Waals surface area contributed by atoms with E-state index in [2.05, 4.69) is 15.3 Å². The second-order valence-electron chi connectivity index (χ2n) is 8.23. The summed E-state index contributed by atoms with van der Waals surface area (Å²) in [6.07, 6.45) is 8.93. The van der Waals surface area contributed by atoms with E-state index in [1.807, 2.05) is 29.8 Å². The van der Waals surface area contributed by atoms with Gasteiger partial charge in [-0.05, 0) is 55.7 Å². The van der Waals surface area contributed by atoms with E-state index >= 15 is 0 Å². The van der Waals surface area contributed by atoms with E-state index in [0.717, 1.165) is 37.1 Å². The van der Waals surface area contributed by atoms with Crippen LogP contribution < -0.4 is 10.1 Å². The van der Waals surface area contributed by atoms with E-state index in [0.29, 0.717) is 24.7 Å². The van der Waals surface area contributed by atoms with Crippen LogP contribution in [0.15, 0.2) is 53.8 Å². The summed E-state index contributed by atoms with van der Waals surface area (Å²) in [5, 5.41) is 2.87. The molecule has 180 valence electrons. The summed E-state index contributed by atoms with van der Waals surface area (Å²) in [6.45, 7) is 3.12. The molecule has 10 heteroatoms. The predicted octanol–water partition coefficient (Wildman–Crippen LogP) is 3.08. The highest BCUT2D eigenvalue weighted by molar-refractivity contribution is 7.89. The third-order valence-electron chi connectivity index (χ3n) is 5.95. The first-order valence-corrected chi connectivity index (χ1v) is 12.8. The first-order valence-electron chi connectivity index (χ1n) is 11.3. The average molecular weight is 484 g/mol. The van der Waals surface area contributed by atoms with Crippen molar-refractivity contribution in [2.45, 2.75) is 44.0 Å². The Balaban J connectivity index is 1.53. The fraction of sp³-hybridized carbons (Fsp3) is 0.375. The lowest BCUT2D eigenvalue weighted by Gasteiger charge is -2.20. The number of hydrogen-bond donors (Lipinski definition) is 1. The number of imidazole rings is 1. The number of methoxy groups -OCH3 is 1. The number of aromatic nitrogens is 3. The smallest absolute Gasteiger partial charge is 0.255 e. The molecule has 1 aliphatic heterocycles. The van der Waals surface area contributed by atoms with Crippen LogP contribution in [0.2, 0.25) is 0 Å². The normalized spacial score (nSPS) is 15.0. The maximum Gasteiger partial charge on any atom is 0.255 e. The lowest BCUT2D eigenvalue weighted by Crippen LogP contribution is -2.32. The van der Waals surface area contributed by atoms with Crippen LogP contribution in [-0.4, -0.2) is 53.4 Å². The van der Waals surface area contributed by atoms with Crippen LogP contribution in [0.4, 0.5) is 0 Å². The molecular formula is C24H29N5O4S. The van der Waals surface area contributed by atoms with Gasteiger partial charge in [0.05, 0.1) is 17.6 Å². The number of rotatable bonds is 7. The molecule has 1 fully saturated rings. The summed E-state index contributed by atoms with van der Waals surface area (Å²) in [6, 6.07) is 8.12. The van der Waals surface area contributed by atoms with Crippen molar-refractivity contribution in [3.63, 3.8) is 0 Å². The van der Waals surface area contributed by atoms with Gasteiger partial charge in [-0.15, -0.1) is 0 Å². The molecule has 0 spiro atoms. The molecule has 0 aliphatic carbocycles. The van der Waals surface area contributed by atoms with Crippen LogP contribution >= 0.6 is 0 Å². The molecule has 1 saturated heterocycles. The van der Waals surface area contributed by atoms with Crippen molar-refractivity contribution in [1.82, 2.24) is 24.2 Å². The van der Waals surface area contributed by atoms with Crippen molar-refractivity contribution in [2.75, 3.05) is 20.2 Å². The van der Waals surface area contributed by atoms with Crippen molar-refractivity contribution in [3.05, 3.63) is 65.9 Å². The lowest BCUT2D eigenvalue weighted by atomic mass is 10.1. The maximum atomic E-state index is 13.2. The minimum Gasteiger partial charge on any atom is -0.496 e. The lowest BCUT2D eigenvalue weighted by molar-refractivity contribution is 0.0947. The highest BCUT2D eigenvalue weighted by atomic mass is 32.2. The summed E-state index contributed by atoms with van der Waals surface area (Å²) in [5.74, 6) is 1.41. The molecule has 0 radical (unpaired) electrons. The van der Waals surface area contributed by atoms with E-state index in [1.165, 1.54) is 29.6 Å². The number of amides is 1. The number of nitrogens with one attached hydrogen (secondary N) is 1. The number of ether oxygens (including phenoxy) is 1. The molecule has 4 rings (SSSR count). The number of aryl methyl sites for hydroxylation is 1. The molecule has 1 amide bonds. The van der Waals surface area contributed by atoms with Gasteiger partial charge in [0, 0.05) is 38.2 Å². The number of sulfonamides is 1. The van der Waals surface area contributed by atoms with Crippen LogP contribution in [-0.2, 0) is 16.6 Å². The van der Waals surface area contributed by atoms with Gasteiger partial charge in [-0.25, -0.2) is 18.4 Å². The van der Waals surface area contributed by atoms with Gasteiger partial charge < -0.3 is 10.1 Å². The molecule has 3 heterocycles. The van der Waals surface area contributed by atoms with Crippen LogP contribution in [0.3, 0.4) is 0 Å². The molecule has 1 aliphatic rings. The highest BCUT2D eigenvalue weighted by Crippen LogP contribution is 2.26. The molecule has 0 atom stereocenters. The standard InChI is InChI=1S/C24H29N5O4S/c1-18-25-11-14-29(18)23-15-19(9-10-26-23)17-27-24(30)21-16-20(7-8-22(21)33-2)34(31,32)28-12-5-3-4-6-13-28/h7-11,14-16H,3-6,12-13,17H2,1-2H3,(H,27,30). The molecular weight excluding hydrogens is 454 g/mol. The van der Waals surface area contributed by atoms with Gasteiger partial charge in [-0.2, -0.15) is 4.31 Å². The summed E-state index contributed by atoms with van der Waals surface area (Å²) >= 11 is 0. The van der Waals surface area contributed by atoms with Gasteiger partial charge in [0.25, 0.3) is 5.91 Å². The quantitative estimate of drug-likeness (QED) is 0.554. The third-order valence-corrected chi connectivity index (χ3v) is 7.85. The molecule has 0 saturated carbocycles. The number of hydrogen-bond acceptors (Lipinski definition) is 6. The summed E-state index contributed by atoms with van der Waals surface area (Å²) in [7, 11) is -2.23. The Morgan fingerprint density at radius 3 is 2.50 bits per heavy atom. The van der Waals surface area contributed by atoms with Crippen LogP contribution in [0.1, 0.15) is 47.4 Å². The van der Waals surface area contributed by atoms with E-state index in [-0.39, 0.29) is 17.0 Å². The summed E-state index contributed by atoms with van der Waals surface area (Å²) < 4.78 is 35.1. The zero-order chi connectivity index (χ0) is 24.1. The number of carbonyl (C=O) groups is 1. The predicted molar refractivity (Wildman–Crippen MR) is 127 cm³/mol. The molecule has 34 heavy (non-hydrogen) atoms. The van der Waals surface area contributed by atoms with E-state index in [9.17, 15) is 13.2 Å². The van der Waals surface area contributed by atoms with Gasteiger partial charge in [0.15, 0.2) is 0 Å². The van der Waals surface area contributed by atoms with Crippen molar-refractivity contribution in [2.24, 2.45) is 0 Å². The molecule has 1 N–H and O–H groups in total. The van der Waals surface area contributed by atoms with Crippen LogP contribution in [0.5, 0.6) is 5.75 Å². The molecule has 3 aromatic rings. The van der Waals surface area contributed by atoms with Crippen molar-refractivity contribution in [3.8, 4) is 11.6 Å². The molecule has 2 aromatic heterocycles. The third kappa shape index (κ3) is 5.13. The topological polar surface area (TPSA) is 106 Å². The van der Waals surface area contributed by atoms with Crippen molar-refractivity contribution < 1.29 is 17.9 Å². The number of carbonyl (C=O) groups excluding carboxylic acids is 1.